The molecule has 1 saturated heterocycles. The molecular formula is C26H25ClF3N3O5S3. The van der Waals surface area contributed by atoms with Gasteiger partial charge < -0.3 is 5.32 Å². The molecule has 0 aliphatic carbocycles. The Hall–Kier alpha value is -2.78. The van der Waals surface area contributed by atoms with Crippen molar-refractivity contribution in [3.05, 3.63) is 77.3 Å². The zero-order chi connectivity index (χ0) is 30.0. The number of piperidine rings is 1. The van der Waals surface area contributed by atoms with Crippen LogP contribution in [-0.2, 0) is 31.0 Å². The molecule has 4 rings (SSSR count). The van der Waals surface area contributed by atoms with Crippen molar-refractivity contribution in [2.24, 2.45) is 5.92 Å². The van der Waals surface area contributed by atoms with Gasteiger partial charge in [0.05, 0.1) is 20.4 Å². The maximum absolute atomic E-state index is 13.1. The fraction of sp³-hybridized carbons (Fsp3) is 0.269. The number of benzene rings is 3. The third-order valence-electron chi connectivity index (χ3n) is 6.48. The van der Waals surface area contributed by atoms with Crippen molar-refractivity contribution >= 4 is 60.7 Å². The molecule has 0 radical (unpaired) electrons. The van der Waals surface area contributed by atoms with Gasteiger partial charge in [0.25, 0.3) is 10.0 Å². The molecule has 2 N–H and O–H groups in total. The second-order valence-corrected chi connectivity index (χ2v) is 14.1. The normalized spacial score (nSPS) is 15.4. The van der Waals surface area contributed by atoms with Crippen LogP contribution in [0.4, 0.5) is 24.5 Å². The number of nitrogens with one attached hydrogen (secondary N) is 2. The van der Waals surface area contributed by atoms with Gasteiger partial charge in [-0.15, -0.1) is 11.8 Å². The van der Waals surface area contributed by atoms with Crippen LogP contribution in [-0.4, -0.2) is 46.4 Å². The van der Waals surface area contributed by atoms with Crippen LogP contribution < -0.4 is 10.0 Å². The lowest BCUT2D eigenvalue weighted by Gasteiger charge is -2.30. The largest absolute Gasteiger partial charge is 0.417 e. The summed E-state index contributed by atoms with van der Waals surface area (Å²) in [6.07, 6.45) is -2.24. The first-order chi connectivity index (χ1) is 19.2. The molecule has 0 saturated carbocycles. The topological polar surface area (TPSA) is 113 Å². The summed E-state index contributed by atoms with van der Waals surface area (Å²) in [5.74, 6) is -0.779. The number of thioether (sulfide) groups is 1. The van der Waals surface area contributed by atoms with Crippen molar-refractivity contribution in [2.75, 3.05) is 29.4 Å². The lowest BCUT2D eigenvalue weighted by Crippen LogP contribution is -2.41. The van der Waals surface area contributed by atoms with Crippen LogP contribution in [0.2, 0.25) is 5.02 Å². The molecule has 3 aromatic rings. The second-order valence-electron chi connectivity index (χ2n) is 9.17. The van der Waals surface area contributed by atoms with Crippen LogP contribution >= 0.6 is 23.4 Å². The molecule has 41 heavy (non-hydrogen) atoms. The number of hydrogen-bond donors (Lipinski definition) is 2. The van der Waals surface area contributed by atoms with E-state index in [2.05, 4.69) is 10.0 Å². The molecule has 0 spiro atoms. The smallest absolute Gasteiger partial charge is 0.326 e. The first kappa shape index (κ1) is 31.2. The summed E-state index contributed by atoms with van der Waals surface area (Å²) in [6.45, 7) is 0.350. The molecule has 1 aliphatic rings. The summed E-state index contributed by atoms with van der Waals surface area (Å²) in [6, 6.07) is 14.4. The van der Waals surface area contributed by atoms with Crippen LogP contribution in [0.25, 0.3) is 0 Å². The molecular weight excluding hydrogens is 623 g/mol. The molecule has 1 fully saturated rings. The van der Waals surface area contributed by atoms with E-state index in [0.29, 0.717) is 24.6 Å². The zero-order valence-electron chi connectivity index (χ0n) is 21.5. The fourth-order valence-corrected chi connectivity index (χ4v) is 7.39. The van der Waals surface area contributed by atoms with E-state index < -0.39 is 42.7 Å². The Morgan fingerprint density at radius 2 is 1.46 bits per heavy atom. The quantitative estimate of drug-likeness (QED) is 0.294. The third-order valence-corrected chi connectivity index (χ3v) is 10.9. The van der Waals surface area contributed by atoms with E-state index in [0.717, 1.165) is 17.0 Å². The fourth-order valence-electron chi connectivity index (χ4n) is 4.24. The van der Waals surface area contributed by atoms with Crippen molar-refractivity contribution < 1.29 is 34.8 Å². The first-order valence-corrected chi connectivity index (χ1v) is 16.7. The molecule has 220 valence electrons. The Labute approximate surface area is 245 Å². The number of anilines is 2. The van der Waals surface area contributed by atoms with E-state index in [1.807, 2.05) is 6.26 Å². The van der Waals surface area contributed by atoms with E-state index in [1.165, 1.54) is 40.3 Å². The Balaban J connectivity index is 1.35. The number of alkyl halides is 3. The van der Waals surface area contributed by atoms with Crippen molar-refractivity contribution in [1.29, 1.82) is 0 Å². The summed E-state index contributed by atoms with van der Waals surface area (Å²) in [5.41, 5.74) is -1.18. The summed E-state index contributed by atoms with van der Waals surface area (Å²) < 4.78 is 94.1. The molecule has 0 bridgehead atoms. The highest BCUT2D eigenvalue weighted by molar-refractivity contribution is 7.98. The summed E-state index contributed by atoms with van der Waals surface area (Å²) in [5, 5.41) is 2.14. The molecule has 8 nitrogen and oxygen atoms in total. The molecule has 3 aromatic carbocycles. The molecule has 0 aromatic heterocycles. The minimum Gasteiger partial charge on any atom is -0.326 e. The van der Waals surface area contributed by atoms with Gasteiger partial charge in [-0.05, 0) is 85.8 Å². The first-order valence-electron chi connectivity index (χ1n) is 12.2. The molecule has 0 atom stereocenters. The average molecular weight is 648 g/mol. The Morgan fingerprint density at radius 1 is 0.902 bits per heavy atom. The van der Waals surface area contributed by atoms with Gasteiger partial charge in [0.15, 0.2) is 0 Å². The number of carbonyl (C=O) groups is 1. The van der Waals surface area contributed by atoms with Gasteiger partial charge in [-0.1, -0.05) is 11.6 Å². The highest BCUT2D eigenvalue weighted by atomic mass is 35.5. The lowest BCUT2D eigenvalue weighted by molar-refractivity contribution is -0.137. The maximum atomic E-state index is 13.1. The van der Waals surface area contributed by atoms with E-state index in [-0.39, 0.29) is 34.5 Å². The van der Waals surface area contributed by atoms with Crippen molar-refractivity contribution in [3.63, 3.8) is 0 Å². The minimum absolute atomic E-state index is 0.175. The maximum Gasteiger partial charge on any atom is 0.417 e. The van der Waals surface area contributed by atoms with Gasteiger partial charge >= 0.3 is 6.18 Å². The van der Waals surface area contributed by atoms with Crippen molar-refractivity contribution in [2.45, 2.75) is 33.7 Å². The van der Waals surface area contributed by atoms with Gasteiger partial charge in [0.1, 0.15) is 0 Å². The Kier molecular flexibility index (Phi) is 9.29. The van der Waals surface area contributed by atoms with Crippen LogP contribution in [0.1, 0.15) is 18.4 Å². The summed E-state index contributed by atoms with van der Waals surface area (Å²) in [7, 11) is -7.92. The van der Waals surface area contributed by atoms with Crippen molar-refractivity contribution in [3.8, 4) is 0 Å². The average Bonchev–Trinajstić information content (AvgIpc) is 2.93. The van der Waals surface area contributed by atoms with Crippen LogP contribution in [0.15, 0.2) is 81.4 Å². The van der Waals surface area contributed by atoms with E-state index >= 15 is 0 Å². The van der Waals surface area contributed by atoms with Crippen LogP contribution in [0, 0.1) is 5.92 Å². The zero-order valence-corrected chi connectivity index (χ0v) is 24.7. The molecule has 1 amide bonds. The monoisotopic (exact) mass is 647 g/mol. The lowest BCUT2D eigenvalue weighted by atomic mass is 9.97. The molecule has 0 unspecified atom stereocenters. The number of hydrogen-bond acceptors (Lipinski definition) is 6. The molecule has 1 aliphatic heterocycles. The van der Waals surface area contributed by atoms with Crippen molar-refractivity contribution in [1.82, 2.24) is 4.31 Å². The van der Waals surface area contributed by atoms with E-state index in [9.17, 15) is 34.8 Å². The Morgan fingerprint density at radius 3 is 2.02 bits per heavy atom. The summed E-state index contributed by atoms with van der Waals surface area (Å²) in [4.78, 5) is 13.7. The van der Waals surface area contributed by atoms with Gasteiger partial charge in [-0.25, -0.2) is 16.8 Å². The van der Waals surface area contributed by atoms with Gasteiger partial charge in [0, 0.05) is 35.3 Å². The standard InChI is InChI=1S/C26H25ClF3N3O5S3/c1-39-20-5-9-22(10-6-20)41(37,38)33-14-12-17(13-15-33)25(34)31-18-2-7-21(8-3-18)40(35,36)32-19-4-11-24(27)23(16-19)26(28,29)30/h2-11,16-17,32H,12-15H2,1H3,(H,31,34). The van der Waals surface area contributed by atoms with Crippen LogP contribution in [0.3, 0.4) is 0 Å². The van der Waals surface area contributed by atoms with Gasteiger partial charge in [-0.2, -0.15) is 17.5 Å². The number of carbonyl (C=O) groups excluding carboxylic acids is 1. The number of sulfonamides is 2. The highest BCUT2D eigenvalue weighted by Crippen LogP contribution is 2.36. The van der Waals surface area contributed by atoms with Crippen LogP contribution in [0.5, 0.6) is 0 Å². The van der Waals surface area contributed by atoms with E-state index in [1.54, 1.807) is 24.3 Å². The molecule has 15 heteroatoms. The third kappa shape index (κ3) is 7.36. The highest BCUT2D eigenvalue weighted by Gasteiger charge is 2.34. The predicted octanol–water partition coefficient (Wildman–Crippen LogP) is 5.92. The predicted molar refractivity (Wildman–Crippen MR) is 152 cm³/mol. The summed E-state index contributed by atoms with van der Waals surface area (Å²) >= 11 is 7.09. The minimum atomic E-state index is -4.76. The van der Waals surface area contributed by atoms with E-state index in [4.69, 9.17) is 11.6 Å². The van der Waals surface area contributed by atoms with Gasteiger partial charge in [0.2, 0.25) is 15.9 Å². The SMILES string of the molecule is CSc1ccc(S(=O)(=O)N2CCC(C(=O)Nc3ccc(S(=O)(=O)Nc4ccc(Cl)c(C(F)(F)F)c4)cc3)CC2)cc1. The second kappa shape index (κ2) is 12.2. The Bertz CT molecular complexity index is 1630. The number of amides is 1. The number of halogens is 4. The number of nitrogens with zero attached hydrogens (tertiary/aromatic N) is 1. The van der Waals surface area contributed by atoms with Gasteiger partial charge in [-0.3, -0.25) is 9.52 Å². The number of rotatable bonds is 8. The molecule has 1 heterocycles.